The number of likely N-dealkylation sites (N-methyl/N-ethyl adjacent to an activating group) is 1. The highest BCUT2D eigenvalue weighted by Crippen LogP contribution is 2.34. The fourth-order valence-electron chi connectivity index (χ4n) is 2.57. The fourth-order valence-corrected chi connectivity index (χ4v) is 6.15. The van der Waals surface area contributed by atoms with Gasteiger partial charge in [-0.2, -0.15) is 23.5 Å². The molecule has 1 aromatic carbocycles. The van der Waals surface area contributed by atoms with Gasteiger partial charge in [0, 0.05) is 28.0 Å². The van der Waals surface area contributed by atoms with E-state index in [0.29, 0.717) is 16.5 Å². The number of methoxy groups -OCH3 is 1. The molecule has 1 saturated heterocycles. The lowest BCUT2D eigenvalue weighted by Crippen LogP contribution is -2.44. The summed E-state index contributed by atoms with van der Waals surface area (Å²) < 4.78 is 6.33. The molecule has 0 aromatic heterocycles. The molecule has 0 saturated carbocycles. The number of halogens is 1. The average Bonchev–Trinajstić information content (AvgIpc) is 2.46. The van der Waals surface area contributed by atoms with Crippen LogP contribution in [0.1, 0.15) is 12.5 Å². The number of hydrogen-bond acceptors (Lipinski definition) is 4. The first-order chi connectivity index (χ1) is 9.65. The Morgan fingerprint density at radius 3 is 2.75 bits per heavy atom. The Balaban J connectivity index is 2.07. The second kappa shape index (κ2) is 7.97. The van der Waals surface area contributed by atoms with Crippen molar-refractivity contribution in [3.8, 4) is 5.75 Å². The number of nitrogens with one attached hydrogen (secondary N) is 1. The van der Waals surface area contributed by atoms with Crippen LogP contribution in [0.15, 0.2) is 22.7 Å². The first kappa shape index (κ1) is 16.5. The fraction of sp³-hybridized carbons (Fsp3) is 0.600. The minimum atomic E-state index is 0.517. The number of ether oxygens (including phenoxy) is 1. The van der Waals surface area contributed by atoms with Crippen molar-refractivity contribution in [2.45, 2.75) is 29.9 Å². The van der Waals surface area contributed by atoms with Crippen molar-refractivity contribution >= 4 is 39.5 Å². The molecule has 1 heterocycles. The number of benzene rings is 1. The molecular weight excluding hydrogens is 354 g/mol. The van der Waals surface area contributed by atoms with Crippen molar-refractivity contribution < 1.29 is 4.74 Å². The Labute approximate surface area is 138 Å². The molecule has 1 aliphatic rings. The van der Waals surface area contributed by atoms with Gasteiger partial charge >= 0.3 is 0 Å². The van der Waals surface area contributed by atoms with Crippen molar-refractivity contribution in [1.29, 1.82) is 0 Å². The van der Waals surface area contributed by atoms with Gasteiger partial charge < -0.3 is 10.1 Å². The van der Waals surface area contributed by atoms with Crippen LogP contribution in [-0.2, 0) is 6.42 Å². The lowest BCUT2D eigenvalue weighted by Gasteiger charge is -2.34. The molecule has 0 amide bonds. The second-order valence-corrected chi connectivity index (χ2v) is 8.60. The molecule has 1 aromatic rings. The van der Waals surface area contributed by atoms with Crippen molar-refractivity contribution in [1.82, 2.24) is 5.32 Å². The molecule has 2 rings (SSSR count). The zero-order valence-electron chi connectivity index (χ0n) is 12.2. The Bertz CT molecular complexity index is 444. The molecule has 1 N–H and O–H groups in total. The lowest BCUT2D eigenvalue weighted by molar-refractivity contribution is 0.412. The van der Waals surface area contributed by atoms with E-state index in [2.05, 4.69) is 70.9 Å². The number of thioether (sulfide) groups is 2. The molecule has 3 unspecified atom stereocenters. The molecule has 20 heavy (non-hydrogen) atoms. The first-order valence-corrected chi connectivity index (χ1v) is 9.77. The van der Waals surface area contributed by atoms with Gasteiger partial charge in [-0.15, -0.1) is 0 Å². The Morgan fingerprint density at radius 1 is 1.40 bits per heavy atom. The van der Waals surface area contributed by atoms with Gasteiger partial charge in [-0.3, -0.25) is 0 Å². The minimum Gasteiger partial charge on any atom is -0.496 e. The normalized spacial score (nSPS) is 24.4. The standard InChI is InChI=1S/C15H22BrNOS2/c1-10-15(20-7-6-19-10)13(17-2)9-11-4-5-14(18-3)12(16)8-11/h4-5,8,10,13,15,17H,6-7,9H2,1-3H3. The van der Waals surface area contributed by atoms with Crippen molar-refractivity contribution in [3.63, 3.8) is 0 Å². The predicted octanol–water partition coefficient (Wildman–Crippen LogP) is 3.83. The van der Waals surface area contributed by atoms with Crippen LogP contribution in [-0.4, -0.2) is 42.2 Å². The van der Waals surface area contributed by atoms with E-state index in [-0.39, 0.29) is 0 Å². The summed E-state index contributed by atoms with van der Waals surface area (Å²) in [4.78, 5) is 0. The van der Waals surface area contributed by atoms with E-state index in [1.54, 1.807) is 7.11 Å². The molecule has 1 fully saturated rings. The van der Waals surface area contributed by atoms with Crippen LogP contribution in [0.3, 0.4) is 0 Å². The summed E-state index contributed by atoms with van der Waals surface area (Å²) in [5.74, 6) is 3.45. The predicted molar refractivity (Wildman–Crippen MR) is 95.4 cm³/mol. The molecule has 0 bridgehead atoms. The third-order valence-electron chi connectivity index (χ3n) is 3.68. The van der Waals surface area contributed by atoms with Gasteiger partial charge in [0.1, 0.15) is 5.75 Å². The largest absolute Gasteiger partial charge is 0.496 e. The van der Waals surface area contributed by atoms with Crippen molar-refractivity contribution in [2.24, 2.45) is 0 Å². The monoisotopic (exact) mass is 375 g/mol. The Morgan fingerprint density at radius 2 is 2.15 bits per heavy atom. The van der Waals surface area contributed by atoms with E-state index >= 15 is 0 Å². The maximum atomic E-state index is 5.29. The van der Waals surface area contributed by atoms with Crippen LogP contribution in [0.2, 0.25) is 0 Å². The van der Waals surface area contributed by atoms with Crippen molar-refractivity contribution in [2.75, 3.05) is 25.7 Å². The van der Waals surface area contributed by atoms with Crippen molar-refractivity contribution in [3.05, 3.63) is 28.2 Å². The Hall–Kier alpha value is 0.160. The topological polar surface area (TPSA) is 21.3 Å². The summed E-state index contributed by atoms with van der Waals surface area (Å²) in [6.07, 6.45) is 1.06. The summed E-state index contributed by atoms with van der Waals surface area (Å²) in [6.45, 7) is 2.36. The van der Waals surface area contributed by atoms with Crippen LogP contribution in [0.5, 0.6) is 5.75 Å². The zero-order valence-corrected chi connectivity index (χ0v) is 15.4. The van der Waals surface area contributed by atoms with Gasteiger partial charge in [0.15, 0.2) is 0 Å². The molecule has 112 valence electrons. The highest BCUT2D eigenvalue weighted by molar-refractivity contribution is 9.10. The van der Waals surface area contributed by atoms with Gasteiger partial charge in [0.05, 0.1) is 11.6 Å². The summed E-state index contributed by atoms with van der Waals surface area (Å²) in [7, 11) is 3.78. The van der Waals surface area contributed by atoms with Gasteiger partial charge in [0.2, 0.25) is 0 Å². The third kappa shape index (κ3) is 4.09. The zero-order chi connectivity index (χ0) is 14.5. The van der Waals surface area contributed by atoms with E-state index in [0.717, 1.165) is 16.6 Å². The van der Waals surface area contributed by atoms with E-state index in [1.807, 2.05) is 6.07 Å². The number of hydrogen-bond donors (Lipinski definition) is 1. The van der Waals surface area contributed by atoms with Crippen LogP contribution < -0.4 is 10.1 Å². The highest BCUT2D eigenvalue weighted by atomic mass is 79.9. The molecule has 0 spiro atoms. The first-order valence-electron chi connectivity index (χ1n) is 6.88. The highest BCUT2D eigenvalue weighted by Gasteiger charge is 2.29. The van der Waals surface area contributed by atoms with Crippen LogP contribution in [0, 0.1) is 0 Å². The maximum Gasteiger partial charge on any atom is 0.133 e. The average molecular weight is 376 g/mol. The van der Waals surface area contributed by atoms with Crippen LogP contribution in [0.25, 0.3) is 0 Å². The molecule has 0 aliphatic carbocycles. The molecule has 2 nitrogen and oxygen atoms in total. The minimum absolute atomic E-state index is 0.517. The van der Waals surface area contributed by atoms with Gasteiger partial charge in [0.25, 0.3) is 0 Å². The SMILES string of the molecule is CNC(Cc1ccc(OC)c(Br)c1)C1SCCSC1C. The summed E-state index contributed by atoms with van der Waals surface area (Å²) >= 11 is 7.79. The maximum absolute atomic E-state index is 5.29. The van der Waals surface area contributed by atoms with Gasteiger partial charge in [-0.25, -0.2) is 0 Å². The van der Waals surface area contributed by atoms with E-state index in [4.69, 9.17) is 4.74 Å². The summed E-state index contributed by atoms with van der Waals surface area (Å²) in [6, 6.07) is 6.90. The van der Waals surface area contributed by atoms with Gasteiger partial charge in [-0.05, 0) is 47.1 Å². The second-order valence-electron chi connectivity index (χ2n) is 4.98. The number of rotatable bonds is 5. The quantitative estimate of drug-likeness (QED) is 0.843. The Kier molecular flexibility index (Phi) is 6.59. The molecule has 3 atom stereocenters. The molecule has 0 radical (unpaired) electrons. The third-order valence-corrected chi connectivity index (χ3v) is 7.55. The summed E-state index contributed by atoms with van der Waals surface area (Å²) in [5, 5.41) is 4.91. The molecule has 1 aliphatic heterocycles. The molecular formula is C15H22BrNOS2. The molecule has 5 heteroatoms. The van der Waals surface area contributed by atoms with Gasteiger partial charge in [-0.1, -0.05) is 13.0 Å². The van der Waals surface area contributed by atoms with E-state index in [1.165, 1.54) is 17.1 Å². The van der Waals surface area contributed by atoms with E-state index < -0.39 is 0 Å². The van der Waals surface area contributed by atoms with E-state index in [9.17, 15) is 0 Å². The lowest BCUT2D eigenvalue weighted by atomic mass is 10.0. The van der Waals surface area contributed by atoms with Crippen LogP contribution >= 0.6 is 39.5 Å². The summed E-state index contributed by atoms with van der Waals surface area (Å²) in [5.41, 5.74) is 1.35. The van der Waals surface area contributed by atoms with Crippen LogP contribution in [0.4, 0.5) is 0 Å². The smallest absolute Gasteiger partial charge is 0.133 e.